The van der Waals surface area contributed by atoms with Crippen LogP contribution >= 0.6 is 0 Å². The standard InChI is InChI=1S/C9H12N6/c1-15-5-6(4-12-15)13-8-3-2-7(10)9(11)14-8/h2-5H,10H2,1H3,(H3,11,13,14). The molecule has 2 aromatic rings. The summed E-state index contributed by atoms with van der Waals surface area (Å²) in [5, 5.41) is 7.09. The zero-order valence-electron chi connectivity index (χ0n) is 8.31. The van der Waals surface area contributed by atoms with Crippen molar-refractivity contribution in [3.8, 4) is 0 Å². The summed E-state index contributed by atoms with van der Waals surface area (Å²) in [6.07, 6.45) is 3.54. The molecule has 15 heavy (non-hydrogen) atoms. The molecule has 0 spiro atoms. The normalized spacial score (nSPS) is 10.2. The second kappa shape index (κ2) is 3.49. The lowest BCUT2D eigenvalue weighted by Gasteiger charge is -2.04. The summed E-state index contributed by atoms with van der Waals surface area (Å²) < 4.78 is 1.70. The number of nitrogens with two attached hydrogens (primary N) is 2. The molecule has 0 aliphatic carbocycles. The smallest absolute Gasteiger partial charge is 0.149 e. The average Bonchev–Trinajstić information content (AvgIpc) is 2.58. The van der Waals surface area contributed by atoms with Crippen LogP contribution in [0.25, 0.3) is 0 Å². The van der Waals surface area contributed by atoms with Gasteiger partial charge in [-0.2, -0.15) is 5.10 Å². The number of hydrogen-bond acceptors (Lipinski definition) is 5. The lowest BCUT2D eigenvalue weighted by Crippen LogP contribution is -2.00. The molecule has 0 aliphatic heterocycles. The molecule has 0 fully saturated rings. The fourth-order valence-corrected chi connectivity index (χ4v) is 1.19. The van der Waals surface area contributed by atoms with E-state index in [0.717, 1.165) is 5.69 Å². The number of pyridine rings is 1. The van der Waals surface area contributed by atoms with Gasteiger partial charge in [0.25, 0.3) is 0 Å². The van der Waals surface area contributed by atoms with E-state index in [-0.39, 0.29) is 0 Å². The first-order valence-electron chi connectivity index (χ1n) is 4.43. The number of nitrogens with zero attached hydrogens (tertiary/aromatic N) is 3. The van der Waals surface area contributed by atoms with Crippen molar-refractivity contribution in [2.75, 3.05) is 16.8 Å². The summed E-state index contributed by atoms with van der Waals surface area (Å²) >= 11 is 0. The summed E-state index contributed by atoms with van der Waals surface area (Å²) in [7, 11) is 1.84. The van der Waals surface area contributed by atoms with Crippen LogP contribution < -0.4 is 16.8 Å². The van der Waals surface area contributed by atoms with Crippen LogP contribution in [-0.4, -0.2) is 14.8 Å². The second-order valence-electron chi connectivity index (χ2n) is 3.20. The Morgan fingerprint density at radius 1 is 1.33 bits per heavy atom. The van der Waals surface area contributed by atoms with Crippen molar-refractivity contribution in [1.29, 1.82) is 0 Å². The van der Waals surface area contributed by atoms with Gasteiger partial charge in [-0.05, 0) is 12.1 Å². The first-order valence-corrected chi connectivity index (χ1v) is 4.43. The van der Waals surface area contributed by atoms with E-state index < -0.39 is 0 Å². The molecule has 0 radical (unpaired) electrons. The van der Waals surface area contributed by atoms with E-state index in [2.05, 4.69) is 15.4 Å². The van der Waals surface area contributed by atoms with Gasteiger partial charge < -0.3 is 16.8 Å². The van der Waals surface area contributed by atoms with Gasteiger partial charge in [0.15, 0.2) is 0 Å². The molecule has 5 N–H and O–H groups in total. The summed E-state index contributed by atoms with van der Waals surface area (Å²) in [4.78, 5) is 4.08. The van der Waals surface area contributed by atoms with Crippen molar-refractivity contribution >= 4 is 23.0 Å². The third kappa shape index (κ3) is 1.98. The highest BCUT2D eigenvalue weighted by Gasteiger charge is 2.00. The summed E-state index contributed by atoms with van der Waals surface area (Å²) in [5.41, 5.74) is 12.5. The SMILES string of the molecule is Cn1cc(Nc2ccc(N)c(N)n2)cn1. The number of hydrogen-bond donors (Lipinski definition) is 3. The Hall–Kier alpha value is -2.24. The molecule has 2 rings (SSSR count). The van der Waals surface area contributed by atoms with Crippen LogP contribution in [0.5, 0.6) is 0 Å². The minimum absolute atomic E-state index is 0.323. The lowest BCUT2D eigenvalue weighted by atomic mass is 10.4. The van der Waals surface area contributed by atoms with Gasteiger partial charge in [0.2, 0.25) is 0 Å². The predicted molar refractivity (Wildman–Crippen MR) is 59.6 cm³/mol. The van der Waals surface area contributed by atoms with Crippen LogP contribution in [0.1, 0.15) is 0 Å². The van der Waals surface area contributed by atoms with E-state index in [1.807, 2.05) is 13.2 Å². The maximum atomic E-state index is 5.58. The van der Waals surface area contributed by atoms with E-state index >= 15 is 0 Å². The second-order valence-corrected chi connectivity index (χ2v) is 3.20. The molecule has 0 unspecified atom stereocenters. The number of aryl methyl sites for hydroxylation is 1. The van der Waals surface area contributed by atoms with E-state index in [9.17, 15) is 0 Å². The van der Waals surface area contributed by atoms with Crippen molar-refractivity contribution in [2.45, 2.75) is 0 Å². The van der Waals surface area contributed by atoms with Crippen molar-refractivity contribution in [3.63, 3.8) is 0 Å². The molecule has 0 saturated heterocycles. The summed E-state index contributed by atoms with van der Waals surface area (Å²) in [6.45, 7) is 0. The van der Waals surface area contributed by atoms with E-state index in [1.165, 1.54) is 0 Å². The van der Waals surface area contributed by atoms with Crippen LogP contribution in [0.4, 0.5) is 23.0 Å². The molecule has 0 bridgehead atoms. The highest BCUT2D eigenvalue weighted by Crippen LogP contribution is 2.18. The summed E-state index contributed by atoms with van der Waals surface area (Å²) in [5.74, 6) is 0.971. The zero-order valence-corrected chi connectivity index (χ0v) is 8.31. The Bertz CT molecular complexity index is 475. The van der Waals surface area contributed by atoms with Crippen molar-refractivity contribution in [1.82, 2.24) is 14.8 Å². The maximum absolute atomic E-state index is 5.58. The van der Waals surface area contributed by atoms with Gasteiger partial charge in [-0.15, -0.1) is 0 Å². The Balaban J connectivity index is 2.21. The Kier molecular flexibility index (Phi) is 2.17. The monoisotopic (exact) mass is 204 g/mol. The largest absolute Gasteiger partial charge is 0.396 e. The minimum atomic E-state index is 0.323. The van der Waals surface area contributed by atoms with E-state index in [4.69, 9.17) is 11.5 Å². The first kappa shape index (κ1) is 9.32. The van der Waals surface area contributed by atoms with Crippen LogP contribution in [0.3, 0.4) is 0 Å². The van der Waals surface area contributed by atoms with Crippen molar-refractivity contribution in [2.24, 2.45) is 7.05 Å². The van der Waals surface area contributed by atoms with Crippen LogP contribution in [-0.2, 0) is 7.05 Å². The van der Waals surface area contributed by atoms with Crippen LogP contribution in [0.15, 0.2) is 24.5 Å². The third-order valence-corrected chi connectivity index (χ3v) is 1.93. The van der Waals surface area contributed by atoms with Gasteiger partial charge in [0.05, 0.1) is 17.6 Å². The molecular formula is C9H12N6. The number of nitrogen functional groups attached to an aromatic ring is 2. The van der Waals surface area contributed by atoms with Gasteiger partial charge in [-0.25, -0.2) is 4.98 Å². The molecule has 2 heterocycles. The van der Waals surface area contributed by atoms with Crippen LogP contribution in [0, 0.1) is 0 Å². The molecule has 0 aromatic carbocycles. The average molecular weight is 204 g/mol. The summed E-state index contributed by atoms with van der Waals surface area (Å²) in [6, 6.07) is 3.47. The molecule has 78 valence electrons. The maximum Gasteiger partial charge on any atom is 0.149 e. The predicted octanol–water partition coefficient (Wildman–Crippen LogP) is 0.723. The highest BCUT2D eigenvalue weighted by molar-refractivity contribution is 5.64. The van der Waals surface area contributed by atoms with E-state index in [0.29, 0.717) is 17.3 Å². The topological polar surface area (TPSA) is 94.8 Å². The molecule has 0 saturated carbocycles. The zero-order chi connectivity index (χ0) is 10.8. The molecule has 6 nitrogen and oxygen atoms in total. The van der Waals surface area contributed by atoms with Gasteiger partial charge in [0, 0.05) is 13.2 Å². The Labute approximate surface area is 86.9 Å². The number of nitrogens with one attached hydrogen (secondary N) is 1. The first-order chi connectivity index (χ1) is 7.15. The number of anilines is 4. The quantitative estimate of drug-likeness (QED) is 0.670. The molecule has 0 atom stereocenters. The minimum Gasteiger partial charge on any atom is -0.396 e. The van der Waals surface area contributed by atoms with Gasteiger partial charge >= 0.3 is 0 Å². The van der Waals surface area contributed by atoms with Gasteiger partial charge in [0.1, 0.15) is 11.6 Å². The molecular weight excluding hydrogens is 192 g/mol. The fraction of sp³-hybridized carbons (Fsp3) is 0.111. The fourth-order valence-electron chi connectivity index (χ4n) is 1.19. The van der Waals surface area contributed by atoms with Gasteiger partial charge in [-0.3, -0.25) is 4.68 Å². The number of rotatable bonds is 2. The third-order valence-electron chi connectivity index (χ3n) is 1.93. The molecule has 0 amide bonds. The van der Waals surface area contributed by atoms with Gasteiger partial charge in [-0.1, -0.05) is 0 Å². The Morgan fingerprint density at radius 3 is 2.73 bits per heavy atom. The van der Waals surface area contributed by atoms with Crippen LogP contribution in [0.2, 0.25) is 0 Å². The molecule has 2 aromatic heterocycles. The Morgan fingerprint density at radius 2 is 2.13 bits per heavy atom. The molecule has 6 heteroatoms. The van der Waals surface area contributed by atoms with Crippen molar-refractivity contribution < 1.29 is 0 Å². The highest BCUT2D eigenvalue weighted by atomic mass is 15.3. The lowest BCUT2D eigenvalue weighted by molar-refractivity contribution is 0.768. The van der Waals surface area contributed by atoms with Crippen molar-refractivity contribution in [3.05, 3.63) is 24.5 Å². The molecule has 0 aliphatic rings. The van der Waals surface area contributed by atoms with E-state index in [1.54, 1.807) is 23.0 Å². The number of aromatic nitrogens is 3.